The number of benzene rings is 1. The van der Waals surface area contributed by atoms with Gasteiger partial charge in [0.2, 0.25) is 6.41 Å². The first-order valence-corrected chi connectivity index (χ1v) is 4.67. The van der Waals surface area contributed by atoms with E-state index in [-0.39, 0.29) is 16.3 Å². The molecule has 86 valence electrons. The van der Waals surface area contributed by atoms with E-state index in [1.165, 1.54) is 26.4 Å². The van der Waals surface area contributed by atoms with Crippen molar-refractivity contribution in [3.8, 4) is 5.75 Å². The molecule has 1 aromatic rings. The molecule has 0 saturated carbocycles. The van der Waals surface area contributed by atoms with Crippen LogP contribution in [0.1, 0.15) is 10.4 Å². The Bertz CT molecular complexity index is 420. The molecule has 1 aromatic carbocycles. The van der Waals surface area contributed by atoms with Crippen molar-refractivity contribution in [2.24, 2.45) is 0 Å². The zero-order valence-electron chi connectivity index (χ0n) is 8.74. The Balaban J connectivity index is 3.29. The molecule has 0 saturated heterocycles. The van der Waals surface area contributed by atoms with Crippen molar-refractivity contribution in [2.45, 2.75) is 0 Å². The van der Waals surface area contributed by atoms with E-state index in [9.17, 15) is 9.59 Å². The maximum Gasteiger partial charge on any atom is 0.339 e. The molecule has 1 N–H and O–H groups in total. The summed E-state index contributed by atoms with van der Waals surface area (Å²) in [5.41, 5.74) is 0.532. The Labute approximate surface area is 97.3 Å². The van der Waals surface area contributed by atoms with Crippen LogP contribution < -0.4 is 10.1 Å². The van der Waals surface area contributed by atoms with Gasteiger partial charge in [-0.05, 0) is 6.07 Å². The lowest BCUT2D eigenvalue weighted by Gasteiger charge is -2.09. The van der Waals surface area contributed by atoms with E-state index in [0.717, 1.165) is 0 Å². The highest BCUT2D eigenvalue weighted by Gasteiger charge is 2.16. The van der Waals surface area contributed by atoms with Crippen molar-refractivity contribution in [1.82, 2.24) is 0 Å². The summed E-state index contributed by atoms with van der Waals surface area (Å²) in [7, 11) is 2.65. The summed E-state index contributed by atoms with van der Waals surface area (Å²) < 4.78 is 9.53. The standard InChI is InChI=1S/C10H10ClNO4/c1-15-8-4-6(12-5-13)3-7(9(8)11)10(14)16-2/h3-5H,1-2H3,(H,12,13). The molecule has 1 rings (SSSR count). The Morgan fingerprint density at radius 2 is 2.12 bits per heavy atom. The zero-order valence-corrected chi connectivity index (χ0v) is 9.50. The molecule has 0 aliphatic heterocycles. The average molecular weight is 244 g/mol. The third-order valence-corrected chi connectivity index (χ3v) is 2.28. The van der Waals surface area contributed by atoms with Crippen LogP contribution in [0, 0.1) is 0 Å². The van der Waals surface area contributed by atoms with E-state index in [4.69, 9.17) is 16.3 Å². The summed E-state index contributed by atoms with van der Waals surface area (Å²) in [6.07, 6.45) is 0.490. The van der Waals surface area contributed by atoms with Gasteiger partial charge in [0, 0.05) is 11.8 Å². The van der Waals surface area contributed by atoms with E-state index < -0.39 is 5.97 Å². The summed E-state index contributed by atoms with van der Waals surface area (Å²) in [6, 6.07) is 2.91. The number of halogens is 1. The molecule has 0 bridgehead atoms. The average Bonchev–Trinajstić information content (AvgIpc) is 2.30. The lowest BCUT2D eigenvalue weighted by molar-refractivity contribution is -0.105. The molecule has 0 unspecified atom stereocenters. The normalized spacial score (nSPS) is 9.44. The van der Waals surface area contributed by atoms with E-state index in [0.29, 0.717) is 12.1 Å². The number of methoxy groups -OCH3 is 2. The first-order chi connectivity index (χ1) is 7.63. The molecule has 5 nitrogen and oxygen atoms in total. The van der Waals surface area contributed by atoms with Crippen molar-refractivity contribution in [1.29, 1.82) is 0 Å². The molecule has 0 atom stereocenters. The van der Waals surface area contributed by atoms with Gasteiger partial charge in [0.25, 0.3) is 0 Å². The minimum atomic E-state index is -0.599. The van der Waals surface area contributed by atoms with Gasteiger partial charge in [-0.2, -0.15) is 0 Å². The molecule has 1 amide bonds. The maximum absolute atomic E-state index is 11.4. The Hall–Kier alpha value is -1.75. The zero-order chi connectivity index (χ0) is 12.1. The van der Waals surface area contributed by atoms with E-state index in [2.05, 4.69) is 10.1 Å². The molecular formula is C10H10ClNO4. The van der Waals surface area contributed by atoms with Gasteiger partial charge in [-0.15, -0.1) is 0 Å². The van der Waals surface area contributed by atoms with Crippen molar-refractivity contribution in [3.05, 3.63) is 22.7 Å². The van der Waals surface area contributed by atoms with Gasteiger partial charge in [0.05, 0.1) is 24.8 Å². The minimum Gasteiger partial charge on any atom is -0.495 e. The van der Waals surface area contributed by atoms with Crippen LogP contribution in [-0.2, 0) is 9.53 Å². The largest absolute Gasteiger partial charge is 0.495 e. The fourth-order valence-corrected chi connectivity index (χ4v) is 1.42. The molecular weight excluding hydrogens is 234 g/mol. The number of carbonyl (C=O) groups excluding carboxylic acids is 2. The van der Waals surface area contributed by atoms with Gasteiger partial charge in [0.15, 0.2) is 0 Å². The fraction of sp³-hybridized carbons (Fsp3) is 0.200. The molecule has 0 aromatic heterocycles. The van der Waals surface area contributed by atoms with E-state index in [1.54, 1.807) is 0 Å². The Kier molecular flexibility index (Phi) is 4.13. The second-order valence-electron chi connectivity index (χ2n) is 2.79. The first-order valence-electron chi connectivity index (χ1n) is 4.30. The molecule has 0 radical (unpaired) electrons. The number of hydrogen-bond acceptors (Lipinski definition) is 4. The number of ether oxygens (including phenoxy) is 2. The third-order valence-electron chi connectivity index (χ3n) is 1.89. The molecule has 0 aliphatic rings. The predicted octanol–water partition coefficient (Wildman–Crippen LogP) is 1.70. The molecule has 0 aliphatic carbocycles. The van der Waals surface area contributed by atoms with Gasteiger partial charge >= 0.3 is 5.97 Å². The summed E-state index contributed by atoms with van der Waals surface area (Å²) in [4.78, 5) is 21.7. The molecule has 0 spiro atoms. The molecule has 6 heteroatoms. The van der Waals surface area contributed by atoms with Crippen molar-refractivity contribution in [3.63, 3.8) is 0 Å². The summed E-state index contributed by atoms with van der Waals surface area (Å²) >= 11 is 5.91. The number of esters is 1. The highest BCUT2D eigenvalue weighted by atomic mass is 35.5. The van der Waals surface area contributed by atoms with Crippen LogP contribution in [0.4, 0.5) is 5.69 Å². The fourth-order valence-electron chi connectivity index (χ4n) is 1.16. The number of hydrogen-bond donors (Lipinski definition) is 1. The highest BCUT2D eigenvalue weighted by molar-refractivity contribution is 6.35. The number of anilines is 1. The van der Waals surface area contributed by atoms with Crippen molar-refractivity contribution >= 4 is 29.7 Å². The van der Waals surface area contributed by atoms with Gasteiger partial charge in [-0.25, -0.2) is 4.79 Å². The van der Waals surface area contributed by atoms with Crippen LogP contribution in [0.25, 0.3) is 0 Å². The van der Waals surface area contributed by atoms with E-state index >= 15 is 0 Å². The molecule has 0 heterocycles. The number of amides is 1. The maximum atomic E-state index is 11.4. The summed E-state index contributed by atoms with van der Waals surface area (Å²) in [5.74, 6) is -0.313. The monoisotopic (exact) mass is 243 g/mol. The number of rotatable bonds is 4. The summed E-state index contributed by atoms with van der Waals surface area (Å²) in [6.45, 7) is 0. The van der Waals surface area contributed by atoms with Crippen molar-refractivity contribution < 1.29 is 19.1 Å². The van der Waals surface area contributed by atoms with Gasteiger partial charge in [-0.1, -0.05) is 11.6 Å². The Morgan fingerprint density at radius 1 is 1.44 bits per heavy atom. The van der Waals surface area contributed by atoms with Gasteiger partial charge < -0.3 is 14.8 Å². The Morgan fingerprint density at radius 3 is 2.62 bits per heavy atom. The third kappa shape index (κ3) is 2.43. The summed E-state index contributed by atoms with van der Waals surface area (Å²) in [5, 5.41) is 2.55. The van der Waals surface area contributed by atoms with Gasteiger partial charge in [0.1, 0.15) is 5.75 Å². The predicted molar refractivity (Wildman–Crippen MR) is 59.0 cm³/mol. The minimum absolute atomic E-state index is 0.132. The molecule has 16 heavy (non-hydrogen) atoms. The van der Waals surface area contributed by atoms with Crippen LogP contribution in [0.15, 0.2) is 12.1 Å². The number of nitrogens with one attached hydrogen (secondary N) is 1. The topological polar surface area (TPSA) is 64.6 Å². The van der Waals surface area contributed by atoms with Gasteiger partial charge in [-0.3, -0.25) is 4.79 Å². The van der Waals surface area contributed by atoms with Crippen LogP contribution in [0.2, 0.25) is 5.02 Å². The smallest absolute Gasteiger partial charge is 0.339 e. The second-order valence-corrected chi connectivity index (χ2v) is 3.17. The van der Waals surface area contributed by atoms with Crippen LogP contribution >= 0.6 is 11.6 Å². The SMILES string of the molecule is COC(=O)c1cc(NC=O)cc(OC)c1Cl. The second kappa shape index (κ2) is 5.37. The van der Waals surface area contributed by atoms with E-state index in [1.807, 2.05) is 0 Å². The first kappa shape index (κ1) is 12.3. The van der Waals surface area contributed by atoms with Crippen LogP contribution in [-0.4, -0.2) is 26.6 Å². The van der Waals surface area contributed by atoms with Crippen LogP contribution in [0.3, 0.4) is 0 Å². The quantitative estimate of drug-likeness (QED) is 0.646. The highest BCUT2D eigenvalue weighted by Crippen LogP contribution is 2.32. The van der Waals surface area contributed by atoms with Crippen LogP contribution in [0.5, 0.6) is 5.75 Å². The lowest BCUT2D eigenvalue weighted by atomic mass is 10.2. The molecule has 0 fully saturated rings. The van der Waals surface area contributed by atoms with Crippen molar-refractivity contribution in [2.75, 3.05) is 19.5 Å². The number of carbonyl (C=O) groups is 2. The lowest BCUT2D eigenvalue weighted by Crippen LogP contribution is -2.05.